The molecular weight excluding hydrogens is 238 g/mol. The number of benzene rings is 1. The number of nitrogens with zero attached hydrogens (tertiary/aromatic N) is 3. The molecule has 0 atom stereocenters. The van der Waals surface area contributed by atoms with Crippen LogP contribution >= 0.6 is 0 Å². The van der Waals surface area contributed by atoms with E-state index >= 15 is 0 Å². The van der Waals surface area contributed by atoms with Gasteiger partial charge in [0.15, 0.2) is 0 Å². The second-order valence-corrected chi connectivity index (χ2v) is 4.31. The minimum absolute atomic E-state index is 0.604. The van der Waals surface area contributed by atoms with Gasteiger partial charge >= 0.3 is 0 Å². The van der Waals surface area contributed by atoms with Gasteiger partial charge in [-0.25, -0.2) is 9.97 Å². The lowest BCUT2D eigenvalue weighted by Crippen LogP contribution is -2.25. The van der Waals surface area contributed by atoms with E-state index in [-0.39, 0.29) is 0 Å². The predicted molar refractivity (Wildman–Crippen MR) is 78.1 cm³/mol. The number of nitrogens with two attached hydrogens (primary N) is 1. The summed E-state index contributed by atoms with van der Waals surface area (Å²) in [6, 6.07) is 12.1. The first kappa shape index (κ1) is 13.3. The van der Waals surface area contributed by atoms with Gasteiger partial charge in [0, 0.05) is 32.7 Å². The van der Waals surface area contributed by atoms with Crippen LogP contribution in [0, 0.1) is 0 Å². The molecule has 0 saturated heterocycles. The second-order valence-electron chi connectivity index (χ2n) is 4.31. The van der Waals surface area contributed by atoms with Crippen LogP contribution in [0.15, 0.2) is 42.7 Å². The first-order valence-electron chi connectivity index (χ1n) is 6.30. The number of hydrogen-bond acceptors (Lipinski definition) is 5. The molecule has 0 fully saturated rings. The van der Waals surface area contributed by atoms with Crippen molar-refractivity contribution in [2.24, 2.45) is 5.73 Å². The van der Waals surface area contributed by atoms with Crippen LogP contribution in [0.4, 0.5) is 11.6 Å². The van der Waals surface area contributed by atoms with Gasteiger partial charge in [-0.2, -0.15) is 0 Å². The van der Waals surface area contributed by atoms with Gasteiger partial charge in [0.25, 0.3) is 0 Å². The van der Waals surface area contributed by atoms with Crippen LogP contribution in [-0.4, -0.2) is 30.1 Å². The highest BCUT2D eigenvalue weighted by Crippen LogP contribution is 2.13. The SMILES string of the molecule is CN(CCN)c1cc(NCc2ccccc2)ncn1. The van der Waals surface area contributed by atoms with Crippen molar-refractivity contribution < 1.29 is 0 Å². The van der Waals surface area contributed by atoms with E-state index in [1.165, 1.54) is 5.56 Å². The molecule has 2 aromatic rings. The van der Waals surface area contributed by atoms with Crippen LogP contribution in [-0.2, 0) is 6.54 Å². The third kappa shape index (κ3) is 3.93. The Morgan fingerprint density at radius 3 is 2.74 bits per heavy atom. The van der Waals surface area contributed by atoms with Crippen LogP contribution in [0.2, 0.25) is 0 Å². The predicted octanol–water partition coefficient (Wildman–Crippen LogP) is 1.48. The Bertz CT molecular complexity index is 500. The molecule has 0 aliphatic carbocycles. The third-order valence-electron chi connectivity index (χ3n) is 2.82. The number of aromatic nitrogens is 2. The van der Waals surface area contributed by atoms with E-state index in [1.807, 2.05) is 36.2 Å². The molecule has 100 valence electrons. The van der Waals surface area contributed by atoms with E-state index in [0.717, 1.165) is 24.7 Å². The Kier molecular flexibility index (Phi) is 4.69. The summed E-state index contributed by atoms with van der Waals surface area (Å²) in [6.45, 7) is 2.13. The Morgan fingerprint density at radius 2 is 2.00 bits per heavy atom. The average molecular weight is 257 g/mol. The Morgan fingerprint density at radius 1 is 1.21 bits per heavy atom. The molecule has 1 heterocycles. The van der Waals surface area contributed by atoms with Crippen molar-refractivity contribution in [3.63, 3.8) is 0 Å². The zero-order valence-corrected chi connectivity index (χ0v) is 11.1. The van der Waals surface area contributed by atoms with Crippen molar-refractivity contribution in [3.8, 4) is 0 Å². The van der Waals surface area contributed by atoms with Crippen molar-refractivity contribution in [1.82, 2.24) is 9.97 Å². The van der Waals surface area contributed by atoms with Crippen molar-refractivity contribution in [3.05, 3.63) is 48.3 Å². The van der Waals surface area contributed by atoms with Crippen LogP contribution in [0.5, 0.6) is 0 Å². The molecule has 0 amide bonds. The summed E-state index contributed by atoms with van der Waals surface area (Å²) >= 11 is 0. The van der Waals surface area contributed by atoms with Gasteiger partial charge in [0.1, 0.15) is 18.0 Å². The lowest BCUT2D eigenvalue weighted by Gasteiger charge is -2.17. The first-order valence-corrected chi connectivity index (χ1v) is 6.30. The van der Waals surface area contributed by atoms with Crippen LogP contribution in [0.3, 0.4) is 0 Å². The molecule has 0 spiro atoms. The zero-order valence-electron chi connectivity index (χ0n) is 11.1. The molecule has 0 saturated carbocycles. The van der Waals surface area contributed by atoms with E-state index in [4.69, 9.17) is 5.73 Å². The summed E-state index contributed by atoms with van der Waals surface area (Å²) in [5.41, 5.74) is 6.76. The molecule has 2 rings (SSSR count). The number of nitrogens with one attached hydrogen (secondary N) is 1. The molecule has 0 aliphatic rings. The van der Waals surface area contributed by atoms with Gasteiger partial charge < -0.3 is 16.0 Å². The van der Waals surface area contributed by atoms with Gasteiger partial charge in [0.05, 0.1) is 0 Å². The summed E-state index contributed by atoms with van der Waals surface area (Å²) in [6.07, 6.45) is 1.57. The topological polar surface area (TPSA) is 67.1 Å². The molecule has 0 bridgehead atoms. The molecule has 1 aromatic heterocycles. The lowest BCUT2D eigenvalue weighted by atomic mass is 10.2. The van der Waals surface area contributed by atoms with Gasteiger partial charge in [-0.1, -0.05) is 30.3 Å². The zero-order chi connectivity index (χ0) is 13.5. The summed E-state index contributed by atoms with van der Waals surface area (Å²) in [4.78, 5) is 10.5. The van der Waals surface area contributed by atoms with Gasteiger partial charge in [-0.05, 0) is 5.56 Å². The van der Waals surface area contributed by atoms with Crippen LogP contribution < -0.4 is 16.0 Å². The summed E-state index contributed by atoms with van der Waals surface area (Å²) in [5, 5.41) is 3.29. The molecule has 1 aromatic carbocycles. The van der Waals surface area contributed by atoms with Gasteiger partial charge in [0.2, 0.25) is 0 Å². The fourth-order valence-corrected chi connectivity index (χ4v) is 1.75. The highest BCUT2D eigenvalue weighted by atomic mass is 15.2. The fourth-order valence-electron chi connectivity index (χ4n) is 1.75. The first-order chi connectivity index (χ1) is 9.29. The maximum absolute atomic E-state index is 5.54. The summed E-state index contributed by atoms with van der Waals surface area (Å²) < 4.78 is 0. The molecule has 0 radical (unpaired) electrons. The molecule has 5 nitrogen and oxygen atoms in total. The van der Waals surface area contributed by atoms with Crippen molar-refractivity contribution >= 4 is 11.6 Å². The van der Waals surface area contributed by atoms with Crippen LogP contribution in [0.1, 0.15) is 5.56 Å². The van der Waals surface area contributed by atoms with Crippen molar-refractivity contribution in [1.29, 1.82) is 0 Å². The number of anilines is 2. The summed E-state index contributed by atoms with van der Waals surface area (Å²) in [5.74, 6) is 1.69. The highest BCUT2D eigenvalue weighted by molar-refractivity contribution is 5.48. The minimum atomic E-state index is 0.604. The van der Waals surface area contributed by atoms with E-state index in [2.05, 4.69) is 27.4 Å². The maximum atomic E-state index is 5.54. The van der Waals surface area contributed by atoms with E-state index < -0.39 is 0 Å². The Balaban J connectivity index is 1.99. The van der Waals surface area contributed by atoms with E-state index in [0.29, 0.717) is 6.54 Å². The van der Waals surface area contributed by atoms with Crippen molar-refractivity contribution in [2.75, 3.05) is 30.4 Å². The lowest BCUT2D eigenvalue weighted by molar-refractivity contribution is 0.863. The van der Waals surface area contributed by atoms with Crippen molar-refractivity contribution in [2.45, 2.75) is 6.54 Å². The third-order valence-corrected chi connectivity index (χ3v) is 2.82. The molecule has 5 heteroatoms. The molecular formula is C14H19N5. The van der Waals surface area contributed by atoms with Gasteiger partial charge in [-0.15, -0.1) is 0 Å². The smallest absolute Gasteiger partial charge is 0.133 e. The van der Waals surface area contributed by atoms with E-state index in [1.54, 1.807) is 6.33 Å². The largest absolute Gasteiger partial charge is 0.366 e. The van der Waals surface area contributed by atoms with E-state index in [9.17, 15) is 0 Å². The Labute approximate surface area is 113 Å². The average Bonchev–Trinajstić information content (AvgIpc) is 2.47. The monoisotopic (exact) mass is 257 g/mol. The van der Waals surface area contributed by atoms with Crippen LogP contribution in [0.25, 0.3) is 0 Å². The molecule has 3 N–H and O–H groups in total. The standard InChI is InChI=1S/C14H19N5/c1-19(8-7-15)14-9-13(17-11-18-14)16-10-12-5-3-2-4-6-12/h2-6,9,11H,7-8,10,15H2,1H3,(H,16,17,18). The minimum Gasteiger partial charge on any atom is -0.366 e. The Hall–Kier alpha value is -2.14. The number of likely N-dealkylation sites (N-methyl/N-ethyl adjacent to an activating group) is 1. The molecule has 0 aliphatic heterocycles. The maximum Gasteiger partial charge on any atom is 0.133 e. The van der Waals surface area contributed by atoms with Gasteiger partial charge in [-0.3, -0.25) is 0 Å². The normalized spacial score (nSPS) is 10.2. The number of rotatable bonds is 6. The molecule has 19 heavy (non-hydrogen) atoms. The highest BCUT2D eigenvalue weighted by Gasteiger charge is 2.03. The quantitative estimate of drug-likeness (QED) is 0.820. The number of hydrogen-bond donors (Lipinski definition) is 2. The second kappa shape index (κ2) is 6.70. The fraction of sp³-hybridized carbons (Fsp3) is 0.286. The molecule has 0 unspecified atom stereocenters. The summed E-state index contributed by atoms with van der Waals surface area (Å²) in [7, 11) is 1.97.